The second-order valence-corrected chi connectivity index (χ2v) is 3.48. The van der Waals surface area contributed by atoms with Gasteiger partial charge in [0.25, 0.3) is 0 Å². The quantitative estimate of drug-likeness (QED) is 0.600. The lowest BCUT2D eigenvalue weighted by Crippen LogP contribution is -1.89. The fourth-order valence-electron chi connectivity index (χ4n) is 0.830. The summed E-state index contributed by atoms with van der Waals surface area (Å²) in [6.45, 7) is 0. The summed E-state index contributed by atoms with van der Waals surface area (Å²) in [5.74, 6) is 0. The van der Waals surface area contributed by atoms with Crippen molar-refractivity contribution in [3.63, 3.8) is 0 Å². The van der Waals surface area contributed by atoms with E-state index in [-0.39, 0.29) is 0 Å². The number of hydrogen-bond acceptors (Lipinski definition) is 1. The van der Waals surface area contributed by atoms with Gasteiger partial charge in [0.2, 0.25) is 0 Å². The second-order valence-electron chi connectivity index (χ2n) is 2.06. The fourth-order valence-corrected chi connectivity index (χ4v) is 1.82. The monoisotopic (exact) mass is 276 g/mol. The molecule has 0 atom stereocenters. The van der Waals surface area contributed by atoms with E-state index in [1.165, 1.54) is 0 Å². The summed E-state index contributed by atoms with van der Waals surface area (Å²) in [6.07, 6.45) is 0.862. The van der Waals surface area contributed by atoms with Gasteiger partial charge in [0, 0.05) is 15.4 Å². The molecule has 0 aliphatic carbocycles. The van der Waals surface area contributed by atoms with Crippen LogP contribution in [0, 0.1) is 0 Å². The highest BCUT2D eigenvalue weighted by atomic mass is 79.9. The topological polar surface area (TPSA) is 17.1 Å². The Morgan fingerprint density at radius 2 is 2.18 bits per heavy atom. The summed E-state index contributed by atoms with van der Waals surface area (Å²) in [7, 11) is 0. The van der Waals surface area contributed by atoms with Gasteiger partial charge in [0.1, 0.15) is 0 Å². The number of rotatable bonds is 2. The van der Waals surface area contributed by atoms with Gasteiger partial charge in [0.05, 0.1) is 0 Å². The van der Waals surface area contributed by atoms with Crippen molar-refractivity contribution >= 4 is 38.1 Å². The minimum absolute atomic E-state index is 0.709. The van der Waals surface area contributed by atoms with Crippen molar-refractivity contribution in [1.82, 2.24) is 0 Å². The molecule has 0 aliphatic rings. The Morgan fingerprint density at radius 3 is 2.64 bits per heavy atom. The van der Waals surface area contributed by atoms with Gasteiger partial charge in [-0.25, -0.2) is 0 Å². The molecule has 0 amide bonds. The lowest BCUT2D eigenvalue weighted by molar-refractivity contribution is 0.112. The van der Waals surface area contributed by atoms with Crippen LogP contribution >= 0.6 is 31.9 Å². The number of halogens is 2. The predicted octanol–water partition coefficient (Wildman–Crippen LogP) is 3.16. The summed E-state index contributed by atoms with van der Waals surface area (Å²) in [4.78, 5) is 10.6. The van der Waals surface area contributed by atoms with Crippen molar-refractivity contribution in [3.8, 4) is 0 Å². The molecular formula is C8H6Br2O. The highest BCUT2D eigenvalue weighted by molar-refractivity contribution is 9.10. The van der Waals surface area contributed by atoms with Gasteiger partial charge in [-0.2, -0.15) is 0 Å². The molecule has 0 radical (unpaired) electrons. The van der Waals surface area contributed by atoms with E-state index >= 15 is 0 Å². The van der Waals surface area contributed by atoms with Gasteiger partial charge in [0.15, 0.2) is 6.29 Å². The second kappa shape index (κ2) is 4.02. The average molecular weight is 278 g/mol. The molecule has 0 heterocycles. The maximum Gasteiger partial charge on any atom is 0.151 e. The van der Waals surface area contributed by atoms with Crippen molar-refractivity contribution in [2.45, 2.75) is 5.33 Å². The molecule has 1 aromatic rings. The zero-order valence-corrected chi connectivity index (χ0v) is 8.85. The summed E-state index contributed by atoms with van der Waals surface area (Å²) in [6, 6.07) is 5.69. The van der Waals surface area contributed by atoms with Crippen LogP contribution in [0.15, 0.2) is 22.7 Å². The van der Waals surface area contributed by atoms with Crippen LogP contribution in [0.3, 0.4) is 0 Å². The summed E-state index contributed by atoms with van der Waals surface area (Å²) in [5, 5.41) is 0.709. The molecule has 0 saturated carbocycles. The normalized spacial score (nSPS) is 9.64. The van der Waals surface area contributed by atoms with Gasteiger partial charge in [-0.05, 0) is 11.6 Å². The maximum atomic E-state index is 10.6. The third kappa shape index (κ3) is 1.91. The maximum absolute atomic E-state index is 10.6. The van der Waals surface area contributed by atoms with Crippen LogP contribution in [0.5, 0.6) is 0 Å². The molecule has 3 heteroatoms. The lowest BCUT2D eigenvalue weighted by Gasteiger charge is -2.01. The molecule has 1 rings (SSSR count). The molecular weight excluding hydrogens is 272 g/mol. The van der Waals surface area contributed by atoms with Gasteiger partial charge < -0.3 is 0 Å². The molecule has 0 saturated heterocycles. The number of aldehydes is 1. The van der Waals surface area contributed by atoms with Gasteiger partial charge in [-0.1, -0.05) is 44.0 Å². The highest BCUT2D eigenvalue weighted by Gasteiger charge is 2.02. The van der Waals surface area contributed by atoms with E-state index in [2.05, 4.69) is 31.9 Å². The Kier molecular flexibility index (Phi) is 3.27. The largest absolute Gasteiger partial charge is 0.298 e. The summed E-state index contributed by atoms with van der Waals surface area (Å²) in [5.41, 5.74) is 1.73. The summed E-state index contributed by atoms with van der Waals surface area (Å²) >= 11 is 6.60. The SMILES string of the molecule is O=Cc1c(Br)cccc1CBr. The molecule has 1 nitrogen and oxygen atoms in total. The molecule has 0 unspecified atom stereocenters. The molecule has 0 spiro atoms. The molecule has 11 heavy (non-hydrogen) atoms. The van der Waals surface area contributed by atoms with E-state index in [9.17, 15) is 4.79 Å². The van der Waals surface area contributed by atoms with Crippen molar-refractivity contribution in [2.75, 3.05) is 0 Å². The van der Waals surface area contributed by atoms with Crippen molar-refractivity contribution < 1.29 is 4.79 Å². The van der Waals surface area contributed by atoms with E-state index in [0.717, 1.165) is 21.9 Å². The molecule has 1 aromatic carbocycles. The number of hydrogen-bond donors (Lipinski definition) is 0. The first kappa shape index (κ1) is 8.94. The van der Waals surface area contributed by atoms with E-state index in [4.69, 9.17) is 0 Å². The first-order valence-electron chi connectivity index (χ1n) is 3.08. The van der Waals surface area contributed by atoms with Crippen LogP contribution in [0.1, 0.15) is 15.9 Å². The number of alkyl halides is 1. The Bertz CT molecular complexity index is 271. The number of carbonyl (C=O) groups excluding carboxylic acids is 1. The fraction of sp³-hybridized carbons (Fsp3) is 0.125. The van der Waals surface area contributed by atoms with Crippen molar-refractivity contribution in [3.05, 3.63) is 33.8 Å². The van der Waals surface area contributed by atoms with E-state index in [1.54, 1.807) is 0 Å². The van der Waals surface area contributed by atoms with E-state index < -0.39 is 0 Å². The zero-order valence-electron chi connectivity index (χ0n) is 5.68. The molecule has 58 valence electrons. The first-order chi connectivity index (χ1) is 5.29. The standard InChI is InChI=1S/C8H6Br2O/c9-4-6-2-1-3-8(10)7(6)5-11/h1-3,5H,4H2. The van der Waals surface area contributed by atoms with Crippen LogP contribution in [0.2, 0.25) is 0 Å². The molecule has 0 aromatic heterocycles. The smallest absolute Gasteiger partial charge is 0.151 e. The van der Waals surface area contributed by atoms with Gasteiger partial charge >= 0.3 is 0 Å². The van der Waals surface area contributed by atoms with Crippen LogP contribution < -0.4 is 0 Å². The Morgan fingerprint density at radius 1 is 1.45 bits per heavy atom. The van der Waals surface area contributed by atoms with Crippen LogP contribution in [-0.2, 0) is 5.33 Å². The number of carbonyl (C=O) groups is 1. The minimum atomic E-state index is 0.709. The van der Waals surface area contributed by atoms with E-state index in [0.29, 0.717) is 5.33 Å². The van der Waals surface area contributed by atoms with Crippen LogP contribution in [-0.4, -0.2) is 6.29 Å². The molecule has 0 aliphatic heterocycles. The van der Waals surface area contributed by atoms with Crippen LogP contribution in [0.25, 0.3) is 0 Å². The van der Waals surface area contributed by atoms with Crippen molar-refractivity contribution in [2.24, 2.45) is 0 Å². The van der Waals surface area contributed by atoms with Crippen LogP contribution in [0.4, 0.5) is 0 Å². The molecule has 0 fully saturated rings. The highest BCUT2D eigenvalue weighted by Crippen LogP contribution is 2.20. The predicted molar refractivity (Wildman–Crippen MR) is 52.2 cm³/mol. The Balaban J connectivity index is 3.24. The number of benzene rings is 1. The third-order valence-corrected chi connectivity index (χ3v) is 2.70. The van der Waals surface area contributed by atoms with Crippen molar-refractivity contribution in [1.29, 1.82) is 0 Å². The Labute approximate surface area is 82.1 Å². The first-order valence-corrected chi connectivity index (χ1v) is 4.99. The van der Waals surface area contributed by atoms with Gasteiger partial charge in [-0.15, -0.1) is 0 Å². The average Bonchev–Trinajstić information content (AvgIpc) is 2.04. The molecule has 0 bridgehead atoms. The molecule has 0 N–H and O–H groups in total. The lowest BCUT2D eigenvalue weighted by atomic mass is 10.1. The van der Waals surface area contributed by atoms with Gasteiger partial charge in [-0.3, -0.25) is 4.79 Å². The van der Waals surface area contributed by atoms with E-state index in [1.807, 2.05) is 18.2 Å². The zero-order chi connectivity index (χ0) is 8.27. The third-order valence-electron chi connectivity index (χ3n) is 1.41. The minimum Gasteiger partial charge on any atom is -0.298 e. The summed E-state index contributed by atoms with van der Waals surface area (Å²) < 4.78 is 0.851. The Hall–Kier alpha value is -0.150.